The first-order valence-electron chi connectivity index (χ1n) is 3.38. The second-order valence-corrected chi connectivity index (χ2v) is 2.41. The maximum atomic E-state index is 10.7. The Kier molecular flexibility index (Phi) is 3.43. The molecule has 5 heteroatoms. The van der Waals surface area contributed by atoms with Crippen molar-refractivity contribution in [2.75, 3.05) is 0 Å². The number of rotatable bonds is 4. The normalized spacial score (nSPS) is 15.8. The molecule has 0 heterocycles. The van der Waals surface area contributed by atoms with Crippen LogP contribution in [0.15, 0.2) is 12.2 Å². The van der Waals surface area contributed by atoms with Crippen molar-refractivity contribution in [3.05, 3.63) is 12.2 Å². The average Bonchev–Trinajstić information content (AvgIpc) is 1.99. The predicted molar refractivity (Wildman–Crippen MR) is 43.2 cm³/mol. The Balaban J connectivity index is 4.62. The van der Waals surface area contributed by atoms with Gasteiger partial charge in [0.1, 0.15) is 0 Å². The summed E-state index contributed by atoms with van der Waals surface area (Å²) >= 11 is 0. The van der Waals surface area contributed by atoms with Crippen LogP contribution in [0, 0.1) is 0 Å². The molecule has 0 spiro atoms. The van der Waals surface area contributed by atoms with Crippen molar-refractivity contribution in [2.24, 2.45) is 11.5 Å². The number of aliphatic carboxylic acids is 1. The van der Waals surface area contributed by atoms with E-state index in [9.17, 15) is 9.59 Å². The Morgan fingerprint density at radius 2 is 2.08 bits per heavy atom. The number of nitrogens with two attached hydrogens (primary N) is 2. The number of carboxylic acids is 1. The lowest BCUT2D eigenvalue weighted by Crippen LogP contribution is -2.57. The number of carboxylic acid groups (broad SMARTS) is 1. The fourth-order valence-electron chi connectivity index (χ4n) is 0.597. The Labute approximate surface area is 70.0 Å². The summed E-state index contributed by atoms with van der Waals surface area (Å²) in [5.74, 6) is -2.44. The second-order valence-electron chi connectivity index (χ2n) is 2.41. The molecular weight excluding hydrogens is 160 g/mol. The summed E-state index contributed by atoms with van der Waals surface area (Å²) in [5.41, 5.74) is 8.10. The number of carbonyl (C=O) groups excluding carboxylic acids is 1. The van der Waals surface area contributed by atoms with Crippen molar-refractivity contribution < 1.29 is 14.7 Å². The molecule has 1 atom stereocenters. The molecule has 0 aromatic carbocycles. The minimum absolute atomic E-state index is 0.0891. The maximum Gasteiger partial charge on any atom is 0.333 e. The van der Waals surface area contributed by atoms with Crippen LogP contribution in [-0.4, -0.2) is 22.5 Å². The highest BCUT2D eigenvalue weighted by atomic mass is 16.4. The summed E-state index contributed by atoms with van der Waals surface area (Å²) in [6, 6.07) is 0. The fourth-order valence-corrected chi connectivity index (χ4v) is 0.597. The van der Waals surface area contributed by atoms with Crippen molar-refractivity contribution in [1.29, 1.82) is 0 Å². The van der Waals surface area contributed by atoms with Crippen molar-refractivity contribution in [2.45, 2.75) is 18.9 Å². The fraction of sp³-hybridized carbons (Fsp3) is 0.429. The van der Waals surface area contributed by atoms with Crippen LogP contribution in [0.5, 0.6) is 0 Å². The number of hydrogen-bond donors (Lipinski definition) is 3. The van der Waals surface area contributed by atoms with Crippen molar-refractivity contribution in [3.8, 4) is 0 Å². The molecule has 0 aromatic rings. The van der Waals surface area contributed by atoms with Gasteiger partial charge in [0.15, 0.2) is 5.54 Å². The molecule has 5 nitrogen and oxygen atoms in total. The Morgan fingerprint density at radius 3 is 2.33 bits per heavy atom. The van der Waals surface area contributed by atoms with Gasteiger partial charge in [-0.1, -0.05) is 12.2 Å². The summed E-state index contributed by atoms with van der Waals surface area (Å²) in [5, 5.41) is 8.57. The van der Waals surface area contributed by atoms with Crippen LogP contribution < -0.4 is 11.5 Å². The smallest absolute Gasteiger partial charge is 0.333 e. The van der Waals surface area contributed by atoms with Crippen LogP contribution in [0.25, 0.3) is 0 Å². The lowest BCUT2D eigenvalue weighted by molar-refractivity contribution is -0.147. The quantitative estimate of drug-likeness (QED) is 0.382. The lowest BCUT2D eigenvalue weighted by Gasteiger charge is -2.18. The molecule has 0 unspecified atom stereocenters. The van der Waals surface area contributed by atoms with Gasteiger partial charge in [0.25, 0.3) is 0 Å². The van der Waals surface area contributed by atoms with E-state index in [2.05, 4.69) is 0 Å². The molecule has 0 aliphatic carbocycles. The summed E-state index contributed by atoms with van der Waals surface area (Å²) in [6.45, 7) is 1.70. The van der Waals surface area contributed by atoms with E-state index in [0.717, 1.165) is 0 Å². The van der Waals surface area contributed by atoms with E-state index in [1.54, 1.807) is 13.0 Å². The molecule has 0 saturated heterocycles. The summed E-state index contributed by atoms with van der Waals surface area (Å²) in [4.78, 5) is 21.2. The Bertz CT molecular complexity index is 209. The first-order chi connectivity index (χ1) is 5.45. The zero-order chi connectivity index (χ0) is 9.78. The van der Waals surface area contributed by atoms with Gasteiger partial charge in [-0.2, -0.15) is 0 Å². The number of amides is 1. The Morgan fingerprint density at radius 1 is 1.58 bits per heavy atom. The van der Waals surface area contributed by atoms with Gasteiger partial charge in [0.2, 0.25) is 5.91 Å². The predicted octanol–water partition coefficient (Wildman–Crippen LogP) is -0.780. The highest BCUT2D eigenvalue weighted by Gasteiger charge is 2.39. The lowest BCUT2D eigenvalue weighted by atomic mass is 9.96. The largest absolute Gasteiger partial charge is 0.479 e. The molecule has 0 rings (SSSR count). The summed E-state index contributed by atoms with van der Waals surface area (Å²) < 4.78 is 0. The van der Waals surface area contributed by atoms with Crippen LogP contribution in [0.4, 0.5) is 0 Å². The molecule has 0 aliphatic rings. The molecule has 0 aliphatic heterocycles. The molecule has 0 saturated carbocycles. The molecule has 0 bridgehead atoms. The summed E-state index contributed by atoms with van der Waals surface area (Å²) in [7, 11) is 0. The van der Waals surface area contributed by atoms with Gasteiger partial charge >= 0.3 is 5.97 Å². The molecule has 12 heavy (non-hydrogen) atoms. The van der Waals surface area contributed by atoms with Gasteiger partial charge in [-0.05, 0) is 6.92 Å². The van der Waals surface area contributed by atoms with Gasteiger partial charge in [-0.25, -0.2) is 4.79 Å². The number of primary amides is 1. The molecule has 5 N–H and O–H groups in total. The van der Waals surface area contributed by atoms with Gasteiger partial charge in [0.05, 0.1) is 0 Å². The van der Waals surface area contributed by atoms with Crippen LogP contribution in [-0.2, 0) is 9.59 Å². The second kappa shape index (κ2) is 3.87. The first kappa shape index (κ1) is 10.6. The molecule has 68 valence electrons. The van der Waals surface area contributed by atoms with Crippen LogP contribution in [0.1, 0.15) is 13.3 Å². The van der Waals surface area contributed by atoms with Crippen molar-refractivity contribution in [1.82, 2.24) is 0 Å². The topological polar surface area (TPSA) is 106 Å². The number of hydrogen-bond acceptors (Lipinski definition) is 3. The molecule has 0 aromatic heterocycles. The van der Waals surface area contributed by atoms with E-state index in [1.807, 2.05) is 0 Å². The standard InChI is InChI=1S/C7H12N2O3/c1-2-3-4-7(9,5(8)10)6(11)12/h2-3H,4,9H2,1H3,(H2,8,10)(H,11,12)/b3-2+/t7-/m1/s1. The van der Waals surface area contributed by atoms with Gasteiger partial charge in [0, 0.05) is 6.42 Å². The van der Waals surface area contributed by atoms with Crippen LogP contribution in [0.2, 0.25) is 0 Å². The first-order valence-corrected chi connectivity index (χ1v) is 3.38. The third kappa shape index (κ3) is 2.06. The minimum atomic E-state index is -1.98. The average molecular weight is 172 g/mol. The van der Waals surface area contributed by atoms with Crippen molar-refractivity contribution in [3.63, 3.8) is 0 Å². The third-order valence-corrected chi connectivity index (χ3v) is 1.50. The molecular formula is C7H12N2O3. The highest BCUT2D eigenvalue weighted by Crippen LogP contribution is 2.07. The van der Waals surface area contributed by atoms with Gasteiger partial charge in [-0.15, -0.1) is 0 Å². The van der Waals surface area contributed by atoms with Crippen LogP contribution in [0.3, 0.4) is 0 Å². The highest BCUT2D eigenvalue weighted by molar-refractivity contribution is 6.05. The van der Waals surface area contributed by atoms with Crippen molar-refractivity contribution >= 4 is 11.9 Å². The maximum absolute atomic E-state index is 10.7. The minimum Gasteiger partial charge on any atom is -0.479 e. The SMILES string of the molecule is C/C=C/C[C@@](N)(C(N)=O)C(=O)O. The zero-order valence-electron chi connectivity index (χ0n) is 6.78. The van der Waals surface area contributed by atoms with E-state index in [-0.39, 0.29) is 6.42 Å². The molecule has 0 radical (unpaired) electrons. The van der Waals surface area contributed by atoms with Crippen LogP contribution >= 0.6 is 0 Å². The summed E-state index contributed by atoms with van der Waals surface area (Å²) in [6.07, 6.45) is 3.00. The van der Waals surface area contributed by atoms with E-state index in [4.69, 9.17) is 16.6 Å². The monoisotopic (exact) mass is 172 g/mol. The van der Waals surface area contributed by atoms with E-state index >= 15 is 0 Å². The van der Waals surface area contributed by atoms with Gasteiger partial charge < -0.3 is 16.6 Å². The Hall–Kier alpha value is -1.36. The third-order valence-electron chi connectivity index (χ3n) is 1.50. The van der Waals surface area contributed by atoms with Gasteiger partial charge in [-0.3, -0.25) is 4.79 Å². The zero-order valence-corrected chi connectivity index (χ0v) is 6.78. The molecule has 1 amide bonds. The molecule has 0 fully saturated rings. The van der Waals surface area contributed by atoms with E-state index in [1.165, 1.54) is 6.08 Å². The van der Waals surface area contributed by atoms with E-state index < -0.39 is 17.4 Å². The number of carbonyl (C=O) groups is 2. The number of allylic oxidation sites excluding steroid dienone is 1. The van der Waals surface area contributed by atoms with E-state index in [0.29, 0.717) is 0 Å².